The van der Waals surface area contributed by atoms with E-state index in [2.05, 4.69) is 19.9 Å². The van der Waals surface area contributed by atoms with Crippen molar-refractivity contribution in [2.45, 2.75) is 25.8 Å². The van der Waals surface area contributed by atoms with Crippen molar-refractivity contribution >= 4 is 32.5 Å². The summed E-state index contributed by atoms with van der Waals surface area (Å²) < 4.78 is 31.7. The number of aromatic nitrogens is 3. The van der Waals surface area contributed by atoms with E-state index >= 15 is 0 Å². The van der Waals surface area contributed by atoms with Crippen molar-refractivity contribution in [3.63, 3.8) is 0 Å². The second kappa shape index (κ2) is 5.82. The Morgan fingerprint density at radius 2 is 2.19 bits per heavy atom. The van der Waals surface area contributed by atoms with Crippen molar-refractivity contribution < 1.29 is 17.9 Å². The molecule has 2 heterocycles. The number of rotatable bonds is 5. The summed E-state index contributed by atoms with van der Waals surface area (Å²) in [5.74, 6) is -0.752. The van der Waals surface area contributed by atoms with E-state index in [1.54, 1.807) is 13.8 Å². The van der Waals surface area contributed by atoms with E-state index in [-0.39, 0.29) is 22.3 Å². The van der Waals surface area contributed by atoms with Gasteiger partial charge in [-0.05, 0) is 20.8 Å². The molecule has 0 saturated carbocycles. The van der Waals surface area contributed by atoms with Crippen LogP contribution >= 0.6 is 11.3 Å². The number of carbonyl (C=O) groups is 1. The third kappa shape index (κ3) is 3.22. The van der Waals surface area contributed by atoms with Crippen LogP contribution in [0, 0.1) is 13.8 Å². The van der Waals surface area contributed by atoms with Gasteiger partial charge in [-0.25, -0.2) is 9.78 Å². The van der Waals surface area contributed by atoms with Gasteiger partial charge in [0.2, 0.25) is 0 Å². The molecule has 21 heavy (non-hydrogen) atoms. The molecular formula is C11H14N4O4S2. The molecule has 8 nitrogen and oxygen atoms in total. The smallest absolute Gasteiger partial charge is 0.342 e. The molecule has 0 radical (unpaired) electrons. The molecule has 2 aromatic rings. The number of aryl methyl sites for hydroxylation is 2. The lowest BCUT2D eigenvalue weighted by molar-refractivity contribution is 0.0522. The fourth-order valence-electron chi connectivity index (χ4n) is 1.52. The number of hydrogen-bond acceptors (Lipinski definition) is 7. The van der Waals surface area contributed by atoms with E-state index in [4.69, 9.17) is 4.74 Å². The molecule has 0 aliphatic carbocycles. The first kappa shape index (κ1) is 15.4. The monoisotopic (exact) mass is 330 g/mol. The van der Waals surface area contributed by atoms with Crippen molar-refractivity contribution in [2.75, 3.05) is 11.3 Å². The summed E-state index contributed by atoms with van der Waals surface area (Å²) in [5.41, 5.74) is 0.599. The summed E-state index contributed by atoms with van der Waals surface area (Å²) >= 11 is 1.21. The zero-order chi connectivity index (χ0) is 15.6. The van der Waals surface area contributed by atoms with Crippen molar-refractivity contribution in [1.29, 1.82) is 0 Å². The van der Waals surface area contributed by atoms with Gasteiger partial charge in [-0.2, -0.15) is 13.5 Å². The summed E-state index contributed by atoms with van der Waals surface area (Å²) in [6.45, 7) is 5.39. The van der Waals surface area contributed by atoms with Crippen LogP contribution in [0.5, 0.6) is 0 Å². The van der Waals surface area contributed by atoms with Gasteiger partial charge in [0, 0.05) is 4.88 Å². The lowest BCUT2D eigenvalue weighted by atomic mass is 10.4. The Labute approximate surface area is 125 Å². The van der Waals surface area contributed by atoms with Crippen LogP contribution in [0.25, 0.3) is 0 Å². The molecule has 0 spiro atoms. The highest BCUT2D eigenvalue weighted by atomic mass is 32.2. The second-order valence-electron chi connectivity index (χ2n) is 4.10. The summed E-state index contributed by atoms with van der Waals surface area (Å²) in [6, 6.07) is 0. The quantitative estimate of drug-likeness (QED) is 0.802. The molecule has 0 aliphatic rings. The zero-order valence-electron chi connectivity index (χ0n) is 11.6. The molecule has 0 bridgehead atoms. The SMILES string of the molecule is CCOC(=O)c1cn[nH]c1S(=O)(=O)Nc1nc(C)c(C)s1. The summed E-state index contributed by atoms with van der Waals surface area (Å²) in [4.78, 5) is 16.7. The first-order valence-corrected chi connectivity index (χ1v) is 8.32. The number of nitrogens with one attached hydrogen (secondary N) is 2. The number of sulfonamides is 1. The van der Waals surface area contributed by atoms with E-state index in [1.165, 1.54) is 11.3 Å². The van der Waals surface area contributed by atoms with Crippen molar-refractivity contribution in [3.8, 4) is 0 Å². The van der Waals surface area contributed by atoms with E-state index in [0.717, 1.165) is 16.8 Å². The van der Waals surface area contributed by atoms with Crippen LogP contribution in [-0.4, -0.2) is 36.2 Å². The number of H-pyrrole nitrogens is 1. The molecule has 2 rings (SSSR count). The molecule has 10 heteroatoms. The van der Waals surface area contributed by atoms with E-state index in [9.17, 15) is 13.2 Å². The van der Waals surface area contributed by atoms with Crippen LogP contribution in [0.4, 0.5) is 5.13 Å². The van der Waals surface area contributed by atoms with Crippen LogP contribution in [0.3, 0.4) is 0 Å². The van der Waals surface area contributed by atoms with Gasteiger partial charge < -0.3 is 4.74 Å². The maximum atomic E-state index is 12.3. The average molecular weight is 330 g/mol. The van der Waals surface area contributed by atoms with Gasteiger partial charge >= 0.3 is 5.97 Å². The standard InChI is InChI=1S/C11H14N4O4S2/c1-4-19-10(16)8-5-12-14-9(8)21(17,18)15-11-13-6(2)7(3)20-11/h5H,4H2,1-3H3,(H,12,14)(H,13,15). The number of aromatic amines is 1. The summed E-state index contributed by atoms with van der Waals surface area (Å²) in [5, 5.41) is 5.79. The Hall–Kier alpha value is -1.94. The molecule has 114 valence electrons. The Morgan fingerprint density at radius 1 is 1.48 bits per heavy atom. The highest BCUT2D eigenvalue weighted by Gasteiger charge is 2.27. The molecule has 2 N–H and O–H groups in total. The largest absolute Gasteiger partial charge is 0.462 e. The number of nitrogens with zero attached hydrogens (tertiary/aromatic N) is 2. The van der Waals surface area contributed by atoms with Crippen LogP contribution in [-0.2, 0) is 14.8 Å². The first-order valence-electron chi connectivity index (χ1n) is 6.02. The highest BCUT2D eigenvalue weighted by molar-refractivity contribution is 7.92. The van der Waals surface area contributed by atoms with Crippen LogP contribution in [0.15, 0.2) is 11.2 Å². The number of thiazole rings is 1. The number of esters is 1. The summed E-state index contributed by atoms with van der Waals surface area (Å²) in [6.07, 6.45) is 1.12. The van der Waals surface area contributed by atoms with Gasteiger partial charge in [0.05, 0.1) is 18.5 Å². The minimum atomic E-state index is -3.99. The van der Waals surface area contributed by atoms with Crippen LogP contribution in [0.2, 0.25) is 0 Å². The van der Waals surface area contributed by atoms with Gasteiger partial charge in [0.1, 0.15) is 5.56 Å². The lowest BCUT2D eigenvalue weighted by Crippen LogP contribution is -2.17. The predicted molar refractivity (Wildman–Crippen MR) is 76.9 cm³/mol. The van der Waals surface area contributed by atoms with Gasteiger partial charge in [0.25, 0.3) is 10.0 Å². The fourth-order valence-corrected chi connectivity index (χ4v) is 3.65. The van der Waals surface area contributed by atoms with Gasteiger partial charge in [-0.3, -0.25) is 9.82 Å². The van der Waals surface area contributed by atoms with Gasteiger partial charge in [-0.15, -0.1) is 11.3 Å². The maximum absolute atomic E-state index is 12.3. The third-order valence-corrected chi connectivity index (χ3v) is 5.05. The average Bonchev–Trinajstić information content (AvgIpc) is 2.97. The van der Waals surface area contributed by atoms with E-state index in [0.29, 0.717) is 0 Å². The second-order valence-corrected chi connectivity index (χ2v) is 6.92. The number of anilines is 1. The molecule has 0 aliphatic heterocycles. The van der Waals surface area contributed by atoms with Gasteiger partial charge in [0.15, 0.2) is 10.2 Å². The Morgan fingerprint density at radius 3 is 2.76 bits per heavy atom. The number of carbonyl (C=O) groups excluding carboxylic acids is 1. The number of hydrogen-bond donors (Lipinski definition) is 2. The summed E-state index contributed by atoms with van der Waals surface area (Å²) in [7, 11) is -3.99. The lowest BCUT2D eigenvalue weighted by Gasteiger charge is -2.05. The Bertz CT molecular complexity index is 744. The van der Waals surface area contributed by atoms with Crippen LogP contribution < -0.4 is 4.72 Å². The normalized spacial score (nSPS) is 11.4. The third-order valence-electron chi connectivity index (χ3n) is 2.62. The maximum Gasteiger partial charge on any atom is 0.342 e. The Balaban J connectivity index is 2.32. The highest BCUT2D eigenvalue weighted by Crippen LogP contribution is 2.24. The van der Waals surface area contributed by atoms with Crippen molar-refractivity contribution in [1.82, 2.24) is 15.2 Å². The minimum absolute atomic E-state index is 0.141. The molecule has 2 aromatic heterocycles. The molecule has 0 saturated heterocycles. The van der Waals surface area contributed by atoms with E-state index in [1.807, 2.05) is 6.92 Å². The molecular weight excluding hydrogens is 316 g/mol. The molecule has 0 aromatic carbocycles. The molecule has 0 atom stereocenters. The minimum Gasteiger partial charge on any atom is -0.462 e. The Kier molecular flexibility index (Phi) is 4.28. The van der Waals surface area contributed by atoms with E-state index < -0.39 is 16.0 Å². The molecule has 0 unspecified atom stereocenters. The first-order chi connectivity index (χ1) is 9.85. The molecule has 0 fully saturated rings. The van der Waals surface area contributed by atoms with Crippen LogP contribution in [0.1, 0.15) is 27.9 Å². The van der Waals surface area contributed by atoms with Crippen molar-refractivity contribution in [3.05, 3.63) is 22.3 Å². The number of ether oxygens (including phenoxy) is 1. The van der Waals surface area contributed by atoms with Crippen molar-refractivity contribution in [2.24, 2.45) is 0 Å². The zero-order valence-corrected chi connectivity index (χ0v) is 13.3. The van der Waals surface area contributed by atoms with Gasteiger partial charge in [-0.1, -0.05) is 0 Å². The topological polar surface area (TPSA) is 114 Å². The predicted octanol–water partition coefficient (Wildman–Crippen LogP) is 1.46. The fraction of sp³-hybridized carbons (Fsp3) is 0.364. The molecule has 0 amide bonds.